The van der Waals surface area contributed by atoms with Crippen LogP contribution >= 0.6 is 0 Å². The number of nitrogens with zero attached hydrogens (tertiary/aromatic N) is 3. The Kier molecular flexibility index (Phi) is 9.18. The van der Waals surface area contributed by atoms with Crippen molar-refractivity contribution in [2.45, 2.75) is 44.7 Å². The Morgan fingerprint density at radius 3 is 2.68 bits per heavy atom. The van der Waals surface area contributed by atoms with Crippen molar-refractivity contribution in [1.82, 2.24) is 14.2 Å². The number of aromatic nitrogens is 1. The molecule has 0 aliphatic carbocycles. The number of aliphatic hydroxyl groups excluding tert-OH is 1. The molecule has 2 heterocycles. The van der Waals surface area contributed by atoms with Crippen LogP contribution in [0.2, 0.25) is 0 Å². The van der Waals surface area contributed by atoms with Crippen LogP contribution in [0, 0.1) is 23.7 Å². The first-order valence-corrected chi connectivity index (χ1v) is 13.6. The van der Waals surface area contributed by atoms with Crippen LogP contribution in [0.5, 0.6) is 11.6 Å². The molecule has 0 bridgehead atoms. The second-order valence-corrected chi connectivity index (χ2v) is 11.6. The van der Waals surface area contributed by atoms with E-state index in [0.29, 0.717) is 11.3 Å². The van der Waals surface area contributed by atoms with E-state index in [1.165, 1.54) is 30.6 Å². The number of hydrogen-bond donors (Lipinski definition) is 1. The van der Waals surface area contributed by atoms with Crippen LogP contribution < -0.4 is 9.47 Å². The molecule has 1 amide bonds. The van der Waals surface area contributed by atoms with Gasteiger partial charge >= 0.3 is 0 Å². The van der Waals surface area contributed by atoms with Crippen LogP contribution in [-0.4, -0.2) is 79.6 Å². The first kappa shape index (κ1) is 28.4. The normalized spacial score (nSPS) is 18.8. The van der Waals surface area contributed by atoms with Crippen molar-refractivity contribution in [2.75, 3.05) is 33.9 Å². The second-order valence-electron chi connectivity index (χ2n) is 9.59. The van der Waals surface area contributed by atoms with Crippen LogP contribution in [-0.2, 0) is 10.0 Å². The SMILES string of the molecule is COc1cccc(S(=O)(=O)N(C)C[C@H]2Oc3ncc(C#CC(C)C)cc3C(=O)N([C@H](C)CO)C[C@@H]2C)c1. The van der Waals surface area contributed by atoms with E-state index in [1.807, 2.05) is 20.8 Å². The van der Waals surface area contributed by atoms with Gasteiger partial charge in [-0.25, -0.2) is 13.4 Å². The zero-order valence-corrected chi connectivity index (χ0v) is 22.9. The highest BCUT2D eigenvalue weighted by Gasteiger charge is 2.36. The van der Waals surface area contributed by atoms with Crippen LogP contribution in [0.3, 0.4) is 0 Å². The number of fused-ring (bicyclic) bond motifs is 1. The van der Waals surface area contributed by atoms with Gasteiger partial charge in [0.25, 0.3) is 5.91 Å². The van der Waals surface area contributed by atoms with Gasteiger partial charge in [0, 0.05) is 43.3 Å². The minimum absolute atomic E-state index is 0.0201. The number of aliphatic hydroxyl groups is 1. The third-order valence-corrected chi connectivity index (χ3v) is 8.03. The molecule has 200 valence electrons. The first-order chi connectivity index (χ1) is 17.5. The Bertz CT molecular complexity index is 1280. The summed E-state index contributed by atoms with van der Waals surface area (Å²) in [5.74, 6) is 6.19. The molecule has 2 aromatic rings. The quantitative estimate of drug-likeness (QED) is 0.549. The topological polar surface area (TPSA) is 109 Å². The Morgan fingerprint density at radius 2 is 2.03 bits per heavy atom. The molecule has 1 N–H and O–H groups in total. The van der Waals surface area contributed by atoms with Gasteiger partial charge in [-0.05, 0) is 25.1 Å². The van der Waals surface area contributed by atoms with E-state index < -0.39 is 22.2 Å². The Morgan fingerprint density at radius 1 is 1.30 bits per heavy atom. The lowest BCUT2D eigenvalue weighted by atomic mass is 10.00. The molecule has 0 saturated heterocycles. The van der Waals surface area contributed by atoms with Crippen LogP contribution in [0.1, 0.15) is 43.6 Å². The van der Waals surface area contributed by atoms with E-state index in [4.69, 9.17) is 9.47 Å². The number of rotatable bonds is 7. The van der Waals surface area contributed by atoms with Gasteiger partial charge in [-0.15, -0.1) is 0 Å². The summed E-state index contributed by atoms with van der Waals surface area (Å²) >= 11 is 0. The zero-order valence-electron chi connectivity index (χ0n) is 22.1. The molecule has 0 spiro atoms. The molecule has 1 aromatic heterocycles. The van der Waals surface area contributed by atoms with Crippen molar-refractivity contribution in [1.29, 1.82) is 0 Å². The number of amides is 1. The smallest absolute Gasteiger partial charge is 0.259 e. The average molecular weight is 530 g/mol. The molecule has 1 aliphatic rings. The maximum Gasteiger partial charge on any atom is 0.259 e. The molecule has 9 nitrogen and oxygen atoms in total. The molecule has 0 saturated carbocycles. The van der Waals surface area contributed by atoms with Gasteiger partial charge in [0.05, 0.1) is 31.2 Å². The first-order valence-electron chi connectivity index (χ1n) is 12.2. The molecular weight excluding hydrogens is 494 g/mol. The number of carbonyl (C=O) groups excluding carboxylic acids is 1. The van der Waals surface area contributed by atoms with Crippen LogP contribution in [0.25, 0.3) is 0 Å². The molecule has 3 atom stereocenters. The average Bonchev–Trinajstić information content (AvgIpc) is 2.88. The van der Waals surface area contributed by atoms with Crippen molar-refractivity contribution in [3.8, 4) is 23.5 Å². The summed E-state index contributed by atoms with van der Waals surface area (Å²) in [5, 5.41) is 9.83. The molecule has 37 heavy (non-hydrogen) atoms. The van der Waals surface area contributed by atoms with Crippen molar-refractivity contribution < 1.29 is 27.8 Å². The molecule has 3 rings (SSSR count). The van der Waals surface area contributed by atoms with Gasteiger partial charge < -0.3 is 19.5 Å². The Balaban J connectivity index is 1.98. The predicted molar refractivity (Wildman–Crippen MR) is 140 cm³/mol. The monoisotopic (exact) mass is 529 g/mol. The molecule has 0 unspecified atom stereocenters. The summed E-state index contributed by atoms with van der Waals surface area (Å²) in [7, 11) is -0.882. The van der Waals surface area contributed by atoms with E-state index in [9.17, 15) is 18.3 Å². The van der Waals surface area contributed by atoms with E-state index in [2.05, 4.69) is 16.8 Å². The number of benzene rings is 1. The summed E-state index contributed by atoms with van der Waals surface area (Å²) in [5.41, 5.74) is 0.801. The largest absolute Gasteiger partial charge is 0.497 e. The minimum Gasteiger partial charge on any atom is -0.497 e. The summed E-state index contributed by atoms with van der Waals surface area (Å²) in [4.78, 5) is 19.6. The van der Waals surface area contributed by atoms with E-state index >= 15 is 0 Å². The number of carbonyl (C=O) groups is 1. The van der Waals surface area contributed by atoms with E-state index in [1.54, 1.807) is 36.2 Å². The number of sulfonamides is 1. The lowest BCUT2D eigenvalue weighted by Gasteiger charge is -2.37. The molecule has 0 radical (unpaired) electrons. The third-order valence-electron chi connectivity index (χ3n) is 6.21. The lowest BCUT2D eigenvalue weighted by molar-refractivity contribution is 0.0373. The predicted octanol–water partition coefficient (Wildman–Crippen LogP) is 2.64. The fraction of sp³-hybridized carbons (Fsp3) is 0.481. The third kappa shape index (κ3) is 6.60. The Hall–Kier alpha value is -3.13. The van der Waals surface area contributed by atoms with Gasteiger partial charge in [0.1, 0.15) is 17.4 Å². The molecule has 10 heteroatoms. The lowest BCUT2D eigenvalue weighted by Crippen LogP contribution is -2.50. The van der Waals surface area contributed by atoms with Crippen molar-refractivity contribution in [3.05, 3.63) is 47.7 Å². The van der Waals surface area contributed by atoms with Crippen molar-refractivity contribution in [2.24, 2.45) is 11.8 Å². The molecule has 1 aromatic carbocycles. The van der Waals surface area contributed by atoms with Crippen LogP contribution in [0.4, 0.5) is 0 Å². The summed E-state index contributed by atoms with van der Waals surface area (Å²) in [6.07, 6.45) is 0.923. The highest BCUT2D eigenvalue weighted by atomic mass is 32.2. The molecule has 0 fully saturated rings. The number of likely N-dealkylation sites (N-methyl/N-ethyl adjacent to an activating group) is 1. The number of pyridine rings is 1. The van der Waals surface area contributed by atoms with Crippen LogP contribution in [0.15, 0.2) is 41.4 Å². The van der Waals surface area contributed by atoms with Gasteiger partial charge in [-0.2, -0.15) is 4.31 Å². The molecule has 1 aliphatic heterocycles. The highest BCUT2D eigenvalue weighted by Crippen LogP contribution is 2.28. The Labute approximate surface area is 219 Å². The van der Waals surface area contributed by atoms with Gasteiger partial charge in [0.2, 0.25) is 15.9 Å². The second kappa shape index (κ2) is 11.9. The zero-order chi connectivity index (χ0) is 27.3. The summed E-state index contributed by atoms with van der Waals surface area (Å²) in [6.45, 7) is 7.64. The number of ether oxygens (including phenoxy) is 2. The maximum atomic E-state index is 13.5. The fourth-order valence-electron chi connectivity index (χ4n) is 3.91. The summed E-state index contributed by atoms with van der Waals surface area (Å²) < 4.78 is 39.2. The standard InChI is InChI=1S/C27H35N3O6S/c1-18(2)10-11-21-12-24-26(28-14-21)36-25(19(3)15-30(27(24)32)20(4)17-31)16-29(5)37(33,34)23-9-7-8-22(13-23)35-6/h7-9,12-14,18-20,25,31H,15-17H2,1-6H3/t19-,20+,25+/m0/s1. The molecular formula is C27H35N3O6S. The number of methoxy groups -OCH3 is 1. The van der Waals surface area contributed by atoms with Gasteiger partial charge in [-0.3, -0.25) is 4.79 Å². The minimum atomic E-state index is -3.85. The fourth-order valence-corrected chi connectivity index (χ4v) is 5.13. The number of hydrogen-bond acceptors (Lipinski definition) is 7. The van der Waals surface area contributed by atoms with Crippen molar-refractivity contribution in [3.63, 3.8) is 0 Å². The highest BCUT2D eigenvalue weighted by molar-refractivity contribution is 7.89. The van der Waals surface area contributed by atoms with E-state index in [-0.39, 0.29) is 53.8 Å². The summed E-state index contributed by atoms with van der Waals surface area (Å²) in [6, 6.07) is 7.46. The van der Waals surface area contributed by atoms with Crippen molar-refractivity contribution >= 4 is 15.9 Å². The van der Waals surface area contributed by atoms with E-state index in [0.717, 1.165) is 0 Å². The maximum absolute atomic E-state index is 13.5. The van der Waals surface area contributed by atoms with Gasteiger partial charge in [-0.1, -0.05) is 38.7 Å². The van der Waals surface area contributed by atoms with Gasteiger partial charge in [0.15, 0.2) is 0 Å².